The number of aliphatic imine (C=N–C) groups is 3. The number of hydrogen-bond donors (Lipinski definition) is 2. The van der Waals surface area contributed by atoms with Crippen LogP contribution in [0.5, 0.6) is 0 Å². The van der Waals surface area contributed by atoms with Crippen molar-refractivity contribution in [2.75, 3.05) is 14.2 Å². The highest BCUT2D eigenvalue weighted by Gasteiger charge is 2.49. The Bertz CT molecular complexity index is 1880. The first kappa shape index (κ1) is 31.1. The molecule has 238 valence electrons. The van der Waals surface area contributed by atoms with Crippen molar-refractivity contribution in [3.8, 4) is 0 Å². The van der Waals surface area contributed by atoms with Crippen molar-refractivity contribution in [3.05, 3.63) is 91.5 Å². The normalized spacial score (nSPS) is 25.0. The van der Waals surface area contributed by atoms with Gasteiger partial charge in [-0.25, -0.2) is 15.0 Å². The summed E-state index contributed by atoms with van der Waals surface area (Å²) in [7, 11) is 2.65. The van der Waals surface area contributed by atoms with E-state index in [9.17, 15) is 19.5 Å². The van der Waals surface area contributed by atoms with Crippen LogP contribution in [0.4, 0.5) is 0 Å². The van der Waals surface area contributed by atoms with E-state index < -0.39 is 11.9 Å². The Balaban J connectivity index is 1.67. The van der Waals surface area contributed by atoms with Gasteiger partial charge in [-0.1, -0.05) is 13.8 Å². The molecular formula is C36H38N4O6. The van der Waals surface area contributed by atoms with Crippen LogP contribution in [0.2, 0.25) is 0 Å². The predicted molar refractivity (Wildman–Crippen MR) is 175 cm³/mol. The molecule has 1 fully saturated rings. The minimum absolute atomic E-state index is 0.0917. The smallest absolute Gasteiger partial charge is 0.321 e. The van der Waals surface area contributed by atoms with Gasteiger partial charge in [0.15, 0.2) is 5.78 Å². The fraction of sp³-hybridized carbons (Fsp3) is 0.389. The molecule has 0 amide bonds. The van der Waals surface area contributed by atoms with Crippen molar-refractivity contribution >= 4 is 34.9 Å². The number of carbonyl (C=O) groups is 3. The predicted octanol–water partition coefficient (Wildman–Crippen LogP) is 5.60. The number of aliphatic hydroxyl groups excluding tert-OH is 1. The molecule has 46 heavy (non-hydrogen) atoms. The number of Topliss-reactive ketones (excluding diaryl/α,β-unsaturated/α-hetero) is 1. The summed E-state index contributed by atoms with van der Waals surface area (Å²) in [6, 6.07) is 0. The number of ketones is 1. The van der Waals surface area contributed by atoms with E-state index in [1.807, 2.05) is 45.9 Å². The molecule has 6 rings (SSSR count). The number of carbonyl (C=O) groups excluding carboxylic acids is 3. The summed E-state index contributed by atoms with van der Waals surface area (Å²) < 4.78 is 10.2. The first-order valence-corrected chi connectivity index (χ1v) is 15.6. The molecule has 0 radical (unpaired) electrons. The Labute approximate surface area is 268 Å². The van der Waals surface area contributed by atoms with Crippen LogP contribution in [0.1, 0.15) is 60.8 Å². The Hall–Kier alpha value is -4.86. The molecular weight excluding hydrogens is 584 g/mol. The number of nitrogens with one attached hydrogen (secondary N) is 1. The Morgan fingerprint density at radius 3 is 2.28 bits per heavy atom. The van der Waals surface area contributed by atoms with Crippen LogP contribution in [0, 0.1) is 17.8 Å². The molecule has 0 aromatic carbocycles. The average molecular weight is 623 g/mol. The molecule has 8 bridgehead atoms. The Kier molecular flexibility index (Phi) is 7.78. The number of aliphatic hydroxyl groups is 1. The summed E-state index contributed by atoms with van der Waals surface area (Å²) in [5, 5.41) is 15.2. The second-order valence-electron chi connectivity index (χ2n) is 12.3. The summed E-state index contributed by atoms with van der Waals surface area (Å²) in [5.74, 6) is -2.66. The highest BCUT2D eigenvalue weighted by atomic mass is 16.5. The van der Waals surface area contributed by atoms with E-state index in [1.165, 1.54) is 14.2 Å². The summed E-state index contributed by atoms with van der Waals surface area (Å²) in [6.45, 7) is 11.4. The van der Waals surface area contributed by atoms with Crippen molar-refractivity contribution in [2.45, 2.75) is 60.8 Å². The third kappa shape index (κ3) is 4.69. The molecule has 1 aliphatic carbocycles. The first-order chi connectivity index (χ1) is 21.9. The van der Waals surface area contributed by atoms with E-state index in [1.54, 1.807) is 6.92 Å². The molecule has 0 aromatic rings. The van der Waals surface area contributed by atoms with Gasteiger partial charge >= 0.3 is 11.9 Å². The fourth-order valence-electron chi connectivity index (χ4n) is 7.32. The Morgan fingerprint density at radius 2 is 1.63 bits per heavy atom. The zero-order valence-electron chi connectivity index (χ0n) is 27.4. The third-order valence-electron chi connectivity index (χ3n) is 9.85. The zero-order chi connectivity index (χ0) is 33.2. The molecule has 2 N–H and O–H groups in total. The summed E-state index contributed by atoms with van der Waals surface area (Å²) in [5.41, 5.74) is 10.4. The van der Waals surface area contributed by atoms with Gasteiger partial charge in [-0.05, 0) is 81.1 Å². The lowest BCUT2D eigenvalue weighted by Gasteiger charge is -2.20. The quantitative estimate of drug-likeness (QED) is 0.368. The van der Waals surface area contributed by atoms with Crippen LogP contribution in [-0.4, -0.2) is 54.2 Å². The molecule has 10 nitrogen and oxygen atoms in total. The maximum atomic E-state index is 13.3. The average Bonchev–Trinajstić information content (AvgIpc) is 3.76. The maximum Gasteiger partial charge on any atom is 0.321 e. The van der Waals surface area contributed by atoms with Crippen molar-refractivity contribution in [2.24, 2.45) is 32.7 Å². The standard InChI is InChI=1S/C36H38N4O6/c1-9-20-15(2)22-14-27-29(19(6)41)17(4)24(38-27)12-23-16(3)21(10-11-28(42)45-7)33(39-23)31-32(36(44)46-8)35(43)30-18(5)25(40-34(30)31)13-26(20)37-22/h12-14,16,21,32,39,43H,9-11H2,1-8H3/t16-,21-,32+/m0/s1. The topological polar surface area (TPSA) is 139 Å². The molecule has 0 unspecified atom stereocenters. The molecule has 3 atom stereocenters. The molecule has 0 aromatic heterocycles. The number of fused-ring (bicyclic) bond motifs is 5. The highest BCUT2D eigenvalue weighted by Crippen LogP contribution is 2.49. The fourth-order valence-corrected chi connectivity index (χ4v) is 7.32. The number of allylic oxidation sites excluding steroid dienone is 11. The lowest BCUT2D eigenvalue weighted by molar-refractivity contribution is -0.143. The molecule has 0 spiro atoms. The van der Waals surface area contributed by atoms with Crippen LogP contribution < -0.4 is 5.32 Å². The summed E-state index contributed by atoms with van der Waals surface area (Å²) in [6.07, 6.45) is 7.02. The van der Waals surface area contributed by atoms with Crippen molar-refractivity contribution in [3.63, 3.8) is 0 Å². The zero-order valence-corrected chi connectivity index (χ0v) is 27.4. The number of esters is 2. The highest BCUT2D eigenvalue weighted by molar-refractivity contribution is 6.24. The van der Waals surface area contributed by atoms with Gasteiger partial charge < -0.3 is 19.9 Å². The maximum absolute atomic E-state index is 13.3. The van der Waals surface area contributed by atoms with E-state index in [2.05, 4.69) is 12.2 Å². The van der Waals surface area contributed by atoms with Crippen molar-refractivity contribution < 1.29 is 29.0 Å². The van der Waals surface area contributed by atoms with E-state index in [-0.39, 0.29) is 35.8 Å². The van der Waals surface area contributed by atoms with Crippen molar-refractivity contribution in [1.82, 2.24) is 5.32 Å². The first-order valence-electron chi connectivity index (χ1n) is 15.6. The SMILES string of the molecule is CCC1=C(C)C2=NC1=CC1=C(C)C3=C(O)[C@H](C(=O)OC)C(=C4NC(=CC5=NC(=C2)C(C(C)=O)=C5C)[C@@H](C)[C@@H]4CCC(=O)OC)C3=N1. The molecule has 0 saturated carbocycles. The van der Waals surface area contributed by atoms with Gasteiger partial charge in [-0.15, -0.1) is 0 Å². The molecule has 10 heteroatoms. The van der Waals surface area contributed by atoms with Crippen LogP contribution >= 0.6 is 0 Å². The minimum Gasteiger partial charge on any atom is -0.510 e. The Morgan fingerprint density at radius 1 is 0.935 bits per heavy atom. The number of methoxy groups -OCH3 is 2. The molecule has 5 aliphatic heterocycles. The van der Waals surface area contributed by atoms with Gasteiger partial charge in [0.05, 0.1) is 48.4 Å². The van der Waals surface area contributed by atoms with Gasteiger partial charge in [-0.3, -0.25) is 14.4 Å². The minimum atomic E-state index is -1.09. The largest absolute Gasteiger partial charge is 0.510 e. The summed E-state index contributed by atoms with van der Waals surface area (Å²) >= 11 is 0. The molecule has 1 saturated heterocycles. The second-order valence-corrected chi connectivity index (χ2v) is 12.3. The number of rotatable bonds is 6. The van der Waals surface area contributed by atoms with Gasteiger partial charge in [0.25, 0.3) is 0 Å². The van der Waals surface area contributed by atoms with Crippen LogP contribution in [0.15, 0.2) is 106 Å². The lowest BCUT2D eigenvalue weighted by atomic mass is 9.84. The lowest BCUT2D eigenvalue weighted by Crippen LogP contribution is -2.25. The van der Waals surface area contributed by atoms with Crippen LogP contribution in [0.3, 0.4) is 0 Å². The van der Waals surface area contributed by atoms with Gasteiger partial charge in [0, 0.05) is 46.4 Å². The number of hydrogen-bond acceptors (Lipinski definition) is 10. The summed E-state index contributed by atoms with van der Waals surface area (Å²) in [4.78, 5) is 53.5. The van der Waals surface area contributed by atoms with Gasteiger partial charge in [0.2, 0.25) is 0 Å². The van der Waals surface area contributed by atoms with Crippen LogP contribution in [-0.2, 0) is 23.9 Å². The van der Waals surface area contributed by atoms with Gasteiger partial charge in [-0.2, -0.15) is 0 Å². The molecule has 6 aliphatic rings. The number of nitrogens with zero attached hydrogens (tertiary/aromatic N) is 3. The monoisotopic (exact) mass is 622 g/mol. The number of ether oxygens (including phenoxy) is 2. The molecule has 5 heterocycles. The van der Waals surface area contributed by atoms with E-state index >= 15 is 0 Å². The van der Waals surface area contributed by atoms with Crippen LogP contribution in [0.25, 0.3) is 0 Å². The third-order valence-corrected chi connectivity index (χ3v) is 9.85. The second kappa shape index (κ2) is 11.5. The van der Waals surface area contributed by atoms with Gasteiger partial charge in [0.1, 0.15) is 11.7 Å². The van der Waals surface area contributed by atoms with E-state index in [0.29, 0.717) is 51.7 Å². The van der Waals surface area contributed by atoms with Crippen molar-refractivity contribution in [1.29, 1.82) is 0 Å². The van der Waals surface area contributed by atoms with E-state index in [4.69, 9.17) is 24.5 Å². The van der Waals surface area contributed by atoms with E-state index in [0.717, 1.165) is 45.8 Å².